The van der Waals surface area contributed by atoms with E-state index in [0.29, 0.717) is 23.0 Å². The molecule has 11 heteroatoms. The molecule has 140 valence electrons. The third-order valence-corrected chi connectivity index (χ3v) is 4.66. The molecule has 2 radical (unpaired) electrons. The molecule has 2 aromatic carbocycles. The third-order valence-electron chi connectivity index (χ3n) is 3.57. The van der Waals surface area contributed by atoms with Crippen LogP contribution in [-0.4, -0.2) is 23.0 Å². The van der Waals surface area contributed by atoms with E-state index in [4.69, 9.17) is 0 Å². The molecule has 26 heavy (non-hydrogen) atoms. The van der Waals surface area contributed by atoms with Crippen LogP contribution in [0.2, 0.25) is 0 Å². The van der Waals surface area contributed by atoms with Crippen LogP contribution >= 0.6 is 0 Å². The maximum atomic E-state index is 13.9. The average molecular weight is 497 g/mol. The Labute approximate surface area is 153 Å². The van der Waals surface area contributed by atoms with E-state index in [9.17, 15) is 43.9 Å². The van der Waals surface area contributed by atoms with Gasteiger partial charge in [-0.05, 0) is 0 Å². The van der Waals surface area contributed by atoms with Crippen molar-refractivity contribution in [2.75, 3.05) is 0 Å². The molecule has 0 saturated heterocycles. The van der Waals surface area contributed by atoms with E-state index in [-0.39, 0.29) is 0 Å². The van der Waals surface area contributed by atoms with Crippen LogP contribution in [0.3, 0.4) is 0 Å². The van der Waals surface area contributed by atoms with E-state index in [1.165, 1.54) is 0 Å². The standard InChI is InChI=1S/C15H5F10.Sb/c1-3(5-8(18)12(22)15(25)13(23)9(5)19)2-4-6(16)10(20)14(24)11(21)7(4)17;/h2H2,1H3;. The Bertz CT molecular complexity index is 848. The van der Waals surface area contributed by atoms with Gasteiger partial charge in [-0.15, -0.1) is 0 Å². The van der Waals surface area contributed by atoms with Gasteiger partial charge in [0.15, 0.2) is 0 Å². The molecule has 0 amide bonds. The van der Waals surface area contributed by atoms with E-state index in [0.717, 1.165) is 6.92 Å². The summed E-state index contributed by atoms with van der Waals surface area (Å²) in [6, 6.07) is 0. The van der Waals surface area contributed by atoms with Crippen molar-refractivity contribution in [1.29, 1.82) is 0 Å². The van der Waals surface area contributed by atoms with Gasteiger partial charge in [-0.25, -0.2) is 0 Å². The van der Waals surface area contributed by atoms with Crippen LogP contribution in [0.25, 0.3) is 0 Å². The predicted octanol–water partition coefficient (Wildman–Crippen LogP) is 4.70. The second-order valence-electron chi connectivity index (χ2n) is 5.44. The maximum absolute atomic E-state index is 13.9. The van der Waals surface area contributed by atoms with Crippen molar-refractivity contribution < 1.29 is 43.9 Å². The fourth-order valence-corrected chi connectivity index (χ4v) is 3.33. The minimum absolute atomic E-state index is 0.362. The predicted molar refractivity (Wildman–Crippen MR) is 69.3 cm³/mol. The summed E-state index contributed by atoms with van der Waals surface area (Å²) >= 11 is 0.362. The van der Waals surface area contributed by atoms with Crippen molar-refractivity contribution in [3.05, 3.63) is 69.3 Å². The van der Waals surface area contributed by atoms with E-state index < -0.39 is 79.1 Å². The molecule has 0 aliphatic rings. The van der Waals surface area contributed by atoms with Gasteiger partial charge in [-0.2, -0.15) is 0 Å². The van der Waals surface area contributed by atoms with Gasteiger partial charge in [-0.1, -0.05) is 0 Å². The van der Waals surface area contributed by atoms with E-state index in [1.807, 2.05) is 0 Å². The Kier molecular flexibility index (Phi) is 5.57. The molecule has 0 saturated carbocycles. The molecular weight excluding hydrogens is 492 g/mol. The Morgan fingerprint density at radius 1 is 0.538 bits per heavy atom. The zero-order valence-electron chi connectivity index (χ0n) is 12.4. The summed E-state index contributed by atoms with van der Waals surface area (Å²) in [5.41, 5.74) is -2.86. The first-order valence-corrected chi connectivity index (χ1v) is 7.85. The molecule has 2 aromatic rings. The summed E-state index contributed by atoms with van der Waals surface area (Å²) in [7, 11) is 0. The Balaban J connectivity index is 2.70. The van der Waals surface area contributed by atoms with Crippen LogP contribution < -0.4 is 0 Å². The van der Waals surface area contributed by atoms with Crippen LogP contribution in [0.5, 0.6) is 0 Å². The van der Waals surface area contributed by atoms with Gasteiger partial charge in [0, 0.05) is 0 Å². The van der Waals surface area contributed by atoms with Crippen molar-refractivity contribution in [2.24, 2.45) is 0 Å². The second-order valence-corrected chi connectivity index (χ2v) is 8.26. The molecule has 0 aromatic heterocycles. The van der Waals surface area contributed by atoms with Crippen molar-refractivity contribution in [3.63, 3.8) is 0 Å². The topological polar surface area (TPSA) is 0 Å². The van der Waals surface area contributed by atoms with Gasteiger partial charge in [0.1, 0.15) is 0 Å². The van der Waals surface area contributed by atoms with Crippen LogP contribution in [-0.2, 0) is 9.78 Å². The average Bonchev–Trinajstić information content (AvgIpc) is 2.58. The molecule has 0 aliphatic heterocycles. The van der Waals surface area contributed by atoms with Crippen molar-refractivity contribution in [1.82, 2.24) is 0 Å². The molecule has 0 spiro atoms. The zero-order valence-corrected chi connectivity index (χ0v) is 15.0. The summed E-state index contributed by atoms with van der Waals surface area (Å²) in [6.07, 6.45) is -1.22. The molecule has 2 rings (SSSR count). The number of hydrogen-bond donors (Lipinski definition) is 0. The SMILES string of the molecule is C[C]([Sb])(Cc1c(F)c(F)c(F)c(F)c1F)c1c(F)c(F)c(F)c(F)c1F. The molecular formula is C15H5F10Sb. The zero-order chi connectivity index (χ0) is 20.1. The summed E-state index contributed by atoms with van der Waals surface area (Å²) in [4.78, 5) is 0. The van der Waals surface area contributed by atoms with Gasteiger partial charge in [-0.3, -0.25) is 0 Å². The third kappa shape index (κ3) is 3.16. The number of rotatable bonds is 3. The first-order chi connectivity index (χ1) is 11.8. The van der Waals surface area contributed by atoms with Crippen molar-refractivity contribution >= 4 is 23.0 Å². The summed E-state index contributed by atoms with van der Waals surface area (Å²) in [5, 5.41) is 0. The number of hydrogen-bond acceptors (Lipinski definition) is 0. The van der Waals surface area contributed by atoms with Gasteiger partial charge >= 0.3 is 153 Å². The number of halogens is 10. The van der Waals surface area contributed by atoms with Gasteiger partial charge in [0.05, 0.1) is 0 Å². The molecule has 1 unspecified atom stereocenters. The summed E-state index contributed by atoms with van der Waals surface area (Å²) < 4.78 is 133. The van der Waals surface area contributed by atoms with Crippen LogP contribution in [0, 0.1) is 58.2 Å². The minimum atomic E-state index is -2.44. The van der Waals surface area contributed by atoms with E-state index >= 15 is 0 Å². The Morgan fingerprint density at radius 2 is 0.808 bits per heavy atom. The molecule has 0 aliphatic carbocycles. The van der Waals surface area contributed by atoms with Gasteiger partial charge < -0.3 is 0 Å². The quantitative estimate of drug-likeness (QED) is 0.250. The molecule has 0 heterocycles. The summed E-state index contributed by atoms with van der Waals surface area (Å²) in [5.74, 6) is -23.1. The second kappa shape index (κ2) is 6.94. The Hall–Kier alpha value is -1.44. The fourth-order valence-electron chi connectivity index (χ4n) is 2.32. The molecule has 0 N–H and O–H groups in total. The fraction of sp³-hybridized carbons (Fsp3) is 0.200. The normalized spacial score (nSPS) is 13.8. The molecule has 0 bridgehead atoms. The Morgan fingerprint density at radius 3 is 1.15 bits per heavy atom. The monoisotopic (exact) mass is 496 g/mol. The first kappa shape index (κ1) is 20.9. The molecule has 1 atom stereocenters. The first-order valence-electron chi connectivity index (χ1n) is 6.57. The van der Waals surface area contributed by atoms with Crippen LogP contribution in [0.1, 0.15) is 18.1 Å². The summed E-state index contributed by atoms with van der Waals surface area (Å²) in [6.45, 7) is 0.845. The number of benzene rings is 2. The molecule has 0 nitrogen and oxygen atoms in total. The van der Waals surface area contributed by atoms with Crippen molar-refractivity contribution in [2.45, 2.75) is 16.7 Å². The van der Waals surface area contributed by atoms with Crippen LogP contribution in [0.15, 0.2) is 0 Å². The van der Waals surface area contributed by atoms with E-state index in [2.05, 4.69) is 0 Å². The van der Waals surface area contributed by atoms with Crippen LogP contribution in [0.4, 0.5) is 43.9 Å². The van der Waals surface area contributed by atoms with E-state index in [1.54, 1.807) is 0 Å². The van der Waals surface area contributed by atoms with Crippen molar-refractivity contribution in [3.8, 4) is 0 Å². The van der Waals surface area contributed by atoms with Gasteiger partial charge in [0.25, 0.3) is 0 Å². The van der Waals surface area contributed by atoms with Gasteiger partial charge in [0.2, 0.25) is 0 Å². The molecule has 0 fully saturated rings.